The molecule has 27 heavy (non-hydrogen) atoms. The maximum Gasteiger partial charge on any atom is 0.227 e. The van der Waals surface area contributed by atoms with Crippen molar-refractivity contribution in [3.63, 3.8) is 0 Å². The predicted molar refractivity (Wildman–Crippen MR) is 106 cm³/mol. The quantitative estimate of drug-likeness (QED) is 0.817. The van der Waals surface area contributed by atoms with Gasteiger partial charge in [-0.25, -0.2) is 0 Å². The predicted octanol–water partition coefficient (Wildman–Crippen LogP) is 1.68. The van der Waals surface area contributed by atoms with Crippen molar-refractivity contribution in [3.05, 3.63) is 18.2 Å². The molecule has 0 aliphatic carbocycles. The van der Waals surface area contributed by atoms with Crippen molar-refractivity contribution in [2.45, 2.75) is 20.3 Å². The molecule has 1 unspecified atom stereocenters. The van der Waals surface area contributed by atoms with Gasteiger partial charge in [0.25, 0.3) is 0 Å². The van der Waals surface area contributed by atoms with E-state index >= 15 is 0 Å². The first kappa shape index (κ1) is 21.3. The summed E-state index contributed by atoms with van der Waals surface area (Å²) in [4.78, 5) is 28.6. The van der Waals surface area contributed by atoms with E-state index in [0.29, 0.717) is 44.3 Å². The number of hydrogen-bond acceptors (Lipinski definition) is 5. The largest absolute Gasteiger partial charge is 0.486 e. The van der Waals surface area contributed by atoms with Gasteiger partial charge in [0.2, 0.25) is 11.8 Å². The van der Waals surface area contributed by atoms with Crippen molar-refractivity contribution in [2.75, 3.05) is 44.8 Å². The summed E-state index contributed by atoms with van der Waals surface area (Å²) in [6, 6.07) is 5.45. The molecule has 150 valence electrons. The van der Waals surface area contributed by atoms with E-state index in [2.05, 4.69) is 0 Å². The van der Waals surface area contributed by atoms with Crippen LogP contribution in [0.25, 0.3) is 0 Å². The summed E-state index contributed by atoms with van der Waals surface area (Å²) in [5, 5.41) is 0. The zero-order valence-corrected chi connectivity index (χ0v) is 16.9. The monoisotopic (exact) mass is 397 g/mol. The van der Waals surface area contributed by atoms with Gasteiger partial charge in [-0.05, 0) is 24.1 Å². The highest BCUT2D eigenvalue weighted by molar-refractivity contribution is 6.00. The lowest BCUT2D eigenvalue weighted by Gasteiger charge is -2.30. The number of amides is 2. The van der Waals surface area contributed by atoms with Crippen LogP contribution in [-0.2, 0) is 9.59 Å². The highest BCUT2D eigenvalue weighted by Crippen LogP contribution is 2.36. The standard InChI is InChI=1S/C19H27N3O4.ClH/c1-19(2,11-20)12-21(3)18(24)13-8-17(23)22(10-13)14-4-5-15-16(9-14)26-7-6-25-15;/h4-5,9,13H,6-8,10-12,20H2,1-3H3;1H. The van der Waals surface area contributed by atoms with E-state index in [4.69, 9.17) is 15.2 Å². The zero-order chi connectivity index (χ0) is 18.9. The Kier molecular flexibility index (Phi) is 6.59. The molecule has 1 aromatic rings. The fraction of sp³-hybridized carbons (Fsp3) is 0.579. The van der Waals surface area contributed by atoms with Crippen LogP contribution in [0.5, 0.6) is 11.5 Å². The molecule has 0 aromatic heterocycles. The van der Waals surface area contributed by atoms with Gasteiger partial charge >= 0.3 is 0 Å². The van der Waals surface area contributed by atoms with Gasteiger partial charge in [-0.15, -0.1) is 12.4 Å². The van der Waals surface area contributed by atoms with Crippen LogP contribution in [-0.4, -0.2) is 56.6 Å². The molecule has 1 saturated heterocycles. The molecule has 0 radical (unpaired) electrons. The minimum Gasteiger partial charge on any atom is -0.486 e. The van der Waals surface area contributed by atoms with E-state index in [-0.39, 0.29) is 42.0 Å². The maximum absolute atomic E-state index is 12.8. The van der Waals surface area contributed by atoms with E-state index in [1.54, 1.807) is 22.9 Å². The number of carbonyl (C=O) groups is 2. The molecule has 2 N–H and O–H groups in total. The SMILES string of the molecule is CN(CC(C)(C)CN)C(=O)C1CC(=O)N(c2ccc3c(c2)OCCO3)C1.Cl. The Morgan fingerprint density at radius 3 is 2.63 bits per heavy atom. The van der Waals surface area contributed by atoms with E-state index in [1.807, 2.05) is 26.0 Å². The van der Waals surface area contributed by atoms with Crippen molar-refractivity contribution in [1.29, 1.82) is 0 Å². The first-order chi connectivity index (χ1) is 12.3. The van der Waals surface area contributed by atoms with Crippen molar-refractivity contribution in [3.8, 4) is 11.5 Å². The molecular formula is C19H28ClN3O4. The normalized spacial score (nSPS) is 18.9. The molecule has 1 atom stereocenters. The van der Waals surface area contributed by atoms with Crippen LogP contribution < -0.4 is 20.1 Å². The van der Waals surface area contributed by atoms with E-state index in [9.17, 15) is 9.59 Å². The average molecular weight is 398 g/mol. The Labute approximate surface area is 166 Å². The summed E-state index contributed by atoms with van der Waals surface area (Å²) in [5.41, 5.74) is 6.35. The molecular weight excluding hydrogens is 370 g/mol. The molecule has 8 heteroatoms. The topological polar surface area (TPSA) is 85.1 Å². The first-order valence-corrected chi connectivity index (χ1v) is 8.96. The van der Waals surface area contributed by atoms with E-state index in [1.165, 1.54) is 0 Å². The number of rotatable bonds is 5. The van der Waals surface area contributed by atoms with Crippen LogP contribution in [0.3, 0.4) is 0 Å². The van der Waals surface area contributed by atoms with Gasteiger partial charge in [-0.2, -0.15) is 0 Å². The fourth-order valence-electron chi connectivity index (χ4n) is 3.42. The second-order valence-electron chi connectivity index (χ2n) is 7.80. The number of anilines is 1. The van der Waals surface area contributed by atoms with Gasteiger partial charge in [-0.1, -0.05) is 13.8 Å². The molecule has 0 bridgehead atoms. The third-order valence-corrected chi connectivity index (χ3v) is 4.91. The van der Waals surface area contributed by atoms with Gasteiger partial charge in [0.1, 0.15) is 13.2 Å². The Hall–Kier alpha value is -1.99. The van der Waals surface area contributed by atoms with Crippen LogP contribution in [0.4, 0.5) is 5.69 Å². The third kappa shape index (κ3) is 4.65. The highest BCUT2D eigenvalue weighted by atomic mass is 35.5. The van der Waals surface area contributed by atoms with Gasteiger partial charge < -0.3 is 25.0 Å². The summed E-state index contributed by atoms with van der Waals surface area (Å²) in [6.07, 6.45) is 0.223. The van der Waals surface area contributed by atoms with Crippen LogP contribution in [0, 0.1) is 11.3 Å². The molecule has 2 amide bonds. The Morgan fingerprint density at radius 2 is 1.96 bits per heavy atom. The maximum atomic E-state index is 12.8. The number of fused-ring (bicyclic) bond motifs is 1. The Morgan fingerprint density at radius 1 is 1.30 bits per heavy atom. The number of hydrogen-bond donors (Lipinski definition) is 1. The molecule has 7 nitrogen and oxygen atoms in total. The molecule has 0 spiro atoms. The Bertz CT molecular complexity index is 710. The fourth-order valence-corrected chi connectivity index (χ4v) is 3.42. The number of benzene rings is 1. The van der Waals surface area contributed by atoms with Gasteiger partial charge in [-0.3, -0.25) is 9.59 Å². The summed E-state index contributed by atoms with van der Waals surface area (Å²) >= 11 is 0. The van der Waals surface area contributed by atoms with Crippen LogP contribution in [0.1, 0.15) is 20.3 Å². The van der Waals surface area contributed by atoms with E-state index < -0.39 is 0 Å². The van der Waals surface area contributed by atoms with E-state index in [0.717, 1.165) is 5.69 Å². The molecule has 1 fully saturated rings. The number of carbonyl (C=O) groups excluding carboxylic acids is 2. The smallest absolute Gasteiger partial charge is 0.227 e. The molecule has 0 saturated carbocycles. The summed E-state index contributed by atoms with van der Waals surface area (Å²) in [5.74, 6) is 0.918. The minimum absolute atomic E-state index is 0. The van der Waals surface area contributed by atoms with Gasteiger partial charge in [0.15, 0.2) is 11.5 Å². The van der Waals surface area contributed by atoms with Crippen LogP contribution >= 0.6 is 12.4 Å². The lowest BCUT2D eigenvalue weighted by molar-refractivity contribution is -0.135. The second kappa shape index (κ2) is 8.35. The Balaban J connectivity index is 0.00000261. The van der Waals surface area contributed by atoms with Crippen LogP contribution in [0.15, 0.2) is 18.2 Å². The molecule has 3 rings (SSSR count). The minimum atomic E-state index is -0.339. The number of halogens is 1. The zero-order valence-electron chi connectivity index (χ0n) is 16.1. The molecule has 2 aliphatic heterocycles. The van der Waals surface area contributed by atoms with Crippen molar-refractivity contribution < 1.29 is 19.1 Å². The summed E-state index contributed by atoms with van der Waals surface area (Å²) < 4.78 is 11.1. The van der Waals surface area contributed by atoms with Gasteiger partial charge in [0, 0.05) is 38.3 Å². The van der Waals surface area contributed by atoms with Crippen molar-refractivity contribution in [1.82, 2.24) is 4.90 Å². The molecule has 1 aromatic carbocycles. The molecule has 2 aliphatic rings. The highest BCUT2D eigenvalue weighted by Gasteiger charge is 2.37. The lowest BCUT2D eigenvalue weighted by Crippen LogP contribution is -2.42. The van der Waals surface area contributed by atoms with Crippen LogP contribution in [0.2, 0.25) is 0 Å². The van der Waals surface area contributed by atoms with Gasteiger partial charge in [0.05, 0.1) is 5.92 Å². The number of nitrogens with zero attached hydrogens (tertiary/aromatic N) is 2. The number of nitrogens with two attached hydrogens (primary N) is 1. The lowest BCUT2D eigenvalue weighted by atomic mass is 9.92. The first-order valence-electron chi connectivity index (χ1n) is 8.96. The van der Waals surface area contributed by atoms with Crippen molar-refractivity contribution >= 4 is 29.9 Å². The molecule has 2 heterocycles. The average Bonchev–Trinajstić information content (AvgIpc) is 3.02. The number of ether oxygens (including phenoxy) is 2. The second-order valence-corrected chi connectivity index (χ2v) is 7.80. The summed E-state index contributed by atoms with van der Waals surface area (Å²) in [7, 11) is 1.77. The third-order valence-electron chi connectivity index (χ3n) is 4.91. The van der Waals surface area contributed by atoms with Crippen molar-refractivity contribution in [2.24, 2.45) is 17.1 Å². The summed E-state index contributed by atoms with van der Waals surface area (Å²) in [6.45, 7) is 6.51.